The summed E-state index contributed by atoms with van der Waals surface area (Å²) in [5, 5.41) is 3.60. The first-order chi connectivity index (χ1) is 11.6. The van der Waals surface area contributed by atoms with Gasteiger partial charge in [0.2, 0.25) is 5.88 Å². The average Bonchev–Trinajstić information content (AvgIpc) is 3.00. The van der Waals surface area contributed by atoms with E-state index >= 15 is 0 Å². The number of nitrogens with one attached hydrogen (secondary N) is 2. The Bertz CT molecular complexity index is 921. The second-order valence-corrected chi connectivity index (χ2v) is 5.29. The number of fused-ring (bicyclic) bond motifs is 1. The number of nitrogens with two attached hydrogens (primary N) is 1. The van der Waals surface area contributed by atoms with Crippen molar-refractivity contribution in [3.63, 3.8) is 0 Å². The molecule has 1 aromatic carbocycles. The molecule has 0 spiro atoms. The topological polar surface area (TPSA) is 105 Å². The number of hydrogen-bond donors (Lipinski definition) is 3. The molecule has 24 heavy (non-hydrogen) atoms. The van der Waals surface area contributed by atoms with Gasteiger partial charge in [0, 0.05) is 36.8 Å². The van der Waals surface area contributed by atoms with Crippen molar-refractivity contribution in [3.05, 3.63) is 53.3 Å². The summed E-state index contributed by atoms with van der Waals surface area (Å²) in [6.07, 6.45) is 1.63. The minimum absolute atomic E-state index is 0.0314. The predicted octanol–water partition coefficient (Wildman–Crippen LogP) is 2.68. The quantitative estimate of drug-likeness (QED) is 0.502. The lowest BCUT2D eigenvalue weighted by Gasteiger charge is -2.05. The van der Waals surface area contributed by atoms with Crippen molar-refractivity contribution < 1.29 is 9.53 Å². The fourth-order valence-electron chi connectivity index (χ4n) is 2.12. The molecule has 122 valence electrons. The van der Waals surface area contributed by atoms with Crippen molar-refractivity contribution in [2.45, 2.75) is 0 Å². The van der Waals surface area contributed by atoms with Gasteiger partial charge in [-0.05, 0) is 12.1 Å². The largest absolute Gasteiger partial charge is 0.439 e. The third-order valence-electron chi connectivity index (χ3n) is 3.25. The maximum Gasteiger partial charge on any atom is 0.274 e. The summed E-state index contributed by atoms with van der Waals surface area (Å²) >= 11 is 6.28. The van der Waals surface area contributed by atoms with Gasteiger partial charge < -0.3 is 15.5 Å². The summed E-state index contributed by atoms with van der Waals surface area (Å²) < 4.78 is 5.66. The number of hydrogen-bond acceptors (Lipinski definition) is 4. The van der Waals surface area contributed by atoms with E-state index in [-0.39, 0.29) is 5.96 Å². The molecule has 0 fully saturated rings. The highest BCUT2D eigenvalue weighted by Gasteiger charge is 2.13. The molecule has 0 radical (unpaired) electrons. The van der Waals surface area contributed by atoms with Crippen molar-refractivity contribution in [3.8, 4) is 11.6 Å². The summed E-state index contributed by atoms with van der Waals surface area (Å²) in [6.45, 7) is 0. The molecule has 3 aromatic rings. The number of guanidine groups is 1. The number of aromatic amines is 1. The van der Waals surface area contributed by atoms with Gasteiger partial charge in [-0.3, -0.25) is 15.1 Å². The molecule has 4 N–H and O–H groups in total. The van der Waals surface area contributed by atoms with E-state index in [9.17, 15) is 4.79 Å². The zero-order chi connectivity index (χ0) is 17.1. The van der Waals surface area contributed by atoms with Crippen molar-refractivity contribution in [1.29, 1.82) is 0 Å². The van der Waals surface area contributed by atoms with Crippen molar-refractivity contribution in [2.24, 2.45) is 10.7 Å². The van der Waals surface area contributed by atoms with Crippen molar-refractivity contribution in [1.82, 2.24) is 15.3 Å². The zero-order valence-electron chi connectivity index (χ0n) is 12.7. The number of benzene rings is 1. The minimum atomic E-state index is -0.405. The van der Waals surface area contributed by atoms with Crippen LogP contribution in [0.2, 0.25) is 5.02 Å². The number of halogens is 1. The van der Waals surface area contributed by atoms with E-state index in [0.29, 0.717) is 33.2 Å². The highest BCUT2D eigenvalue weighted by atomic mass is 35.5. The Kier molecular flexibility index (Phi) is 4.35. The van der Waals surface area contributed by atoms with Crippen LogP contribution >= 0.6 is 11.6 Å². The van der Waals surface area contributed by atoms with Gasteiger partial charge in [0.15, 0.2) is 5.96 Å². The van der Waals surface area contributed by atoms with Gasteiger partial charge in [-0.2, -0.15) is 0 Å². The molecule has 0 saturated heterocycles. The van der Waals surface area contributed by atoms with E-state index in [1.165, 1.54) is 7.05 Å². The Morgan fingerprint density at radius 1 is 1.38 bits per heavy atom. The van der Waals surface area contributed by atoms with Gasteiger partial charge >= 0.3 is 0 Å². The number of ether oxygens (including phenoxy) is 1. The number of aliphatic imine (C=N–C) groups is 1. The van der Waals surface area contributed by atoms with Crippen LogP contribution in [-0.2, 0) is 0 Å². The van der Waals surface area contributed by atoms with Crippen LogP contribution in [0.1, 0.15) is 10.5 Å². The Balaban J connectivity index is 1.92. The van der Waals surface area contributed by atoms with Gasteiger partial charge in [0.25, 0.3) is 5.91 Å². The molecule has 0 saturated carbocycles. The van der Waals surface area contributed by atoms with Crippen LogP contribution in [0.25, 0.3) is 10.9 Å². The first-order valence-electron chi connectivity index (χ1n) is 7.01. The molecule has 7 nitrogen and oxygen atoms in total. The third-order valence-corrected chi connectivity index (χ3v) is 3.56. The Morgan fingerprint density at radius 3 is 2.92 bits per heavy atom. The maximum atomic E-state index is 12.1. The summed E-state index contributed by atoms with van der Waals surface area (Å²) in [5.74, 6) is 0.584. The summed E-state index contributed by atoms with van der Waals surface area (Å²) in [5.41, 5.74) is 6.47. The molecule has 0 bridgehead atoms. The lowest BCUT2D eigenvalue weighted by atomic mass is 10.2. The highest BCUT2D eigenvalue weighted by molar-refractivity contribution is 6.35. The number of H-pyrrole nitrogens is 1. The molecular formula is C16H14ClN5O2. The first-order valence-corrected chi connectivity index (χ1v) is 7.39. The van der Waals surface area contributed by atoms with Crippen LogP contribution in [0.15, 0.2) is 47.6 Å². The smallest absolute Gasteiger partial charge is 0.274 e. The first kappa shape index (κ1) is 15.8. The summed E-state index contributed by atoms with van der Waals surface area (Å²) in [7, 11) is 1.49. The number of aromatic nitrogens is 2. The van der Waals surface area contributed by atoms with Gasteiger partial charge in [0.05, 0.1) is 10.5 Å². The third kappa shape index (κ3) is 3.31. The second kappa shape index (κ2) is 6.59. The summed E-state index contributed by atoms with van der Waals surface area (Å²) in [6, 6.07) is 10.4. The Morgan fingerprint density at radius 2 is 2.21 bits per heavy atom. The Hall–Kier alpha value is -3.06. The van der Waals surface area contributed by atoms with Crippen LogP contribution in [0.5, 0.6) is 11.6 Å². The minimum Gasteiger partial charge on any atom is -0.439 e. The molecule has 3 rings (SSSR count). The molecule has 0 aliphatic heterocycles. The molecule has 0 unspecified atom stereocenters. The fraction of sp³-hybridized carbons (Fsp3) is 0.0625. The number of rotatable bonds is 3. The van der Waals surface area contributed by atoms with Gasteiger partial charge in [-0.15, -0.1) is 0 Å². The SMILES string of the molecule is CN=C(N)NC(=O)c1cc2c(Cl)cc(Oc3ccccn3)cc2[nH]1. The number of nitrogens with zero attached hydrogens (tertiary/aromatic N) is 2. The number of carbonyl (C=O) groups excluding carboxylic acids is 1. The molecule has 2 heterocycles. The van der Waals surface area contributed by atoms with Crippen molar-refractivity contribution >= 4 is 34.4 Å². The highest BCUT2D eigenvalue weighted by Crippen LogP contribution is 2.31. The average molecular weight is 344 g/mol. The predicted molar refractivity (Wildman–Crippen MR) is 92.6 cm³/mol. The molecule has 1 amide bonds. The van der Waals surface area contributed by atoms with E-state index in [2.05, 4.69) is 20.3 Å². The van der Waals surface area contributed by atoms with E-state index in [1.54, 1.807) is 36.5 Å². The maximum absolute atomic E-state index is 12.1. The molecule has 8 heteroatoms. The second-order valence-electron chi connectivity index (χ2n) is 4.88. The van der Waals surface area contributed by atoms with Gasteiger partial charge in [0.1, 0.15) is 11.4 Å². The molecule has 0 aliphatic carbocycles. The number of amides is 1. The molecule has 0 atom stereocenters. The molecular weight excluding hydrogens is 330 g/mol. The van der Waals surface area contributed by atoms with E-state index in [0.717, 1.165) is 0 Å². The monoisotopic (exact) mass is 343 g/mol. The Labute approximate surface area is 142 Å². The number of carbonyl (C=O) groups is 1. The van der Waals surface area contributed by atoms with E-state index in [1.807, 2.05) is 6.07 Å². The van der Waals surface area contributed by atoms with Crippen LogP contribution in [0, 0.1) is 0 Å². The van der Waals surface area contributed by atoms with Crippen LogP contribution in [0.3, 0.4) is 0 Å². The van der Waals surface area contributed by atoms with Crippen molar-refractivity contribution in [2.75, 3.05) is 7.05 Å². The van der Waals surface area contributed by atoms with E-state index < -0.39 is 5.91 Å². The summed E-state index contributed by atoms with van der Waals surface area (Å²) in [4.78, 5) is 22.8. The van der Waals surface area contributed by atoms with Crippen LogP contribution in [0.4, 0.5) is 0 Å². The lowest BCUT2D eigenvalue weighted by molar-refractivity contribution is 0.0972. The zero-order valence-corrected chi connectivity index (χ0v) is 13.5. The van der Waals surface area contributed by atoms with E-state index in [4.69, 9.17) is 22.1 Å². The van der Waals surface area contributed by atoms with Crippen LogP contribution in [-0.4, -0.2) is 28.9 Å². The normalized spacial score (nSPS) is 11.5. The van der Waals surface area contributed by atoms with Gasteiger partial charge in [-0.1, -0.05) is 17.7 Å². The standard InChI is InChI=1S/C16H14ClN5O2/c1-19-16(18)22-15(23)13-8-10-11(17)6-9(7-12(10)21-13)24-14-4-2-3-5-20-14/h2-8,21H,1H3,(H3,18,19,22,23). The number of pyridine rings is 1. The molecule has 0 aliphatic rings. The van der Waals surface area contributed by atoms with Gasteiger partial charge in [-0.25, -0.2) is 4.98 Å². The van der Waals surface area contributed by atoms with Crippen LogP contribution < -0.4 is 15.8 Å². The fourth-order valence-corrected chi connectivity index (χ4v) is 2.38. The lowest BCUT2D eigenvalue weighted by Crippen LogP contribution is -2.36. The molecule has 2 aromatic heterocycles.